The molecule has 0 aromatic carbocycles. The predicted molar refractivity (Wildman–Crippen MR) is 93.2 cm³/mol. The molecule has 0 aromatic rings. The number of aliphatic carboxylic acids is 1. The third-order valence-electron chi connectivity index (χ3n) is 3.19. The number of carboxylic acid groups (broad SMARTS) is 1. The number of aliphatic hydroxyl groups is 2. The van der Waals surface area contributed by atoms with E-state index in [0.29, 0.717) is 0 Å². The minimum absolute atomic E-state index is 0.236. The van der Waals surface area contributed by atoms with E-state index < -0.39 is 73.4 Å². The predicted octanol–water partition coefficient (Wildman–Crippen LogP) is -5.36. The number of carbonyl (C=O) groups is 5. The Bertz CT molecular complexity index is 575. The van der Waals surface area contributed by atoms with E-state index in [0.717, 1.165) is 0 Å². The molecule has 0 saturated carbocycles. The van der Waals surface area contributed by atoms with E-state index in [1.165, 1.54) is 0 Å². The van der Waals surface area contributed by atoms with Crippen LogP contribution >= 0.6 is 12.6 Å². The van der Waals surface area contributed by atoms with Crippen LogP contribution in [0.1, 0.15) is 6.42 Å². The van der Waals surface area contributed by atoms with Crippen LogP contribution in [0, 0.1) is 0 Å². The molecule has 0 rings (SSSR count). The maximum Gasteiger partial charge on any atom is 0.327 e. The van der Waals surface area contributed by atoms with Crippen LogP contribution in [0.3, 0.4) is 0 Å². The minimum Gasteiger partial charge on any atom is -0.480 e. The summed E-state index contributed by atoms with van der Waals surface area (Å²) in [5, 5.41) is 33.5. The fourth-order valence-electron chi connectivity index (χ4n) is 1.71. The lowest BCUT2D eigenvalue weighted by Crippen LogP contribution is -2.59. The molecule has 154 valence electrons. The summed E-state index contributed by atoms with van der Waals surface area (Å²) in [4.78, 5) is 57.4. The van der Waals surface area contributed by atoms with Gasteiger partial charge < -0.3 is 42.7 Å². The molecular weight excluding hydrogens is 386 g/mol. The first kappa shape index (κ1) is 24.6. The Labute approximate surface area is 159 Å². The van der Waals surface area contributed by atoms with Gasteiger partial charge in [-0.3, -0.25) is 19.2 Å². The molecule has 4 unspecified atom stereocenters. The molecule has 0 heterocycles. The number of hydrogen-bond acceptors (Lipinski definition) is 9. The number of primary amides is 1. The van der Waals surface area contributed by atoms with E-state index in [-0.39, 0.29) is 5.75 Å². The van der Waals surface area contributed by atoms with Crippen molar-refractivity contribution >= 4 is 42.2 Å². The highest BCUT2D eigenvalue weighted by Gasteiger charge is 2.29. The second kappa shape index (κ2) is 12.1. The van der Waals surface area contributed by atoms with Gasteiger partial charge in [0.2, 0.25) is 23.6 Å². The van der Waals surface area contributed by atoms with Crippen molar-refractivity contribution in [3.8, 4) is 0 Å². The maximum absolute atomic E-state index is 12.1. The van der Waals surface area contributed by atoms with Gasteiger partial charge in [0.1, 0.15) is 18.1 Å². The highest BCUT2D eigenvalue weighted by molar-refractivity contribution is 7.80. The van der Waals surface area contributed by atoms with Crippen molar-refractivity contribution < 1.29 is 39.3 Å². The maximum atomic E-state index is 12.1. The van der Waals surface area contributed by atoms with Gasteiger partial charge in [0, 0.05) is 5.75 Å². The molecule has 10 N–H and O–H groups in total. The van der Waals surface area contributed by atoms with Gasteiger partial charge in [-0.15, -0.1) is 0 Å². The monoisotopic (exact) mass is 409 g/mol. The average Bonchev–Trinajstić information content (AvgIpc) is 2.60. The Hall–Kier alpha value is -2.42. The van der Waals surface area contributed by atoms with Gasteiger partial charge in [-0.25, -0.2) is 4.79 Å². The van der Waals surface area contributed by atoms with E-state index in [4.69, 9.17) is 16.6 Å². The number of carboxylic acids is 1. The van der Waals surface area contributed by atoms with E-state index in [2.05, 4.69) is 17.9 Å². The molecule has 0 aliphatic carbocycles. The summed E-state index contributed by atoms with van der Waals surface area (Å²) >= 11 is 3.75. The first-order valence-electron chi connectivity index (χ1n) is 7.57. The van der Waals surface area contributed by atoms with Crippen LogP contribution in [-0.4, -0.2) is 88.1 Å². The number of hydrogen-bond donors (Lipinski definition) is 9. The lowest BCUT2D eigenvalue weighted by atomic mass is 10.1. The molecule has 0 aromatic heterocycles. The number of nitrogens with two attached hydrogens (primary N) is 2. The van der Waals surface area contributed by atoms with Crippen molar-refractivity contribution in [2.45, 2.75) is 30.6 Å². The van der Waals surface area contributed by atoms with Gasteiger partial charge >= 0.3 is 5.97 Å². The van der Waals surface area contributed by atoms with Crippen molar-refractivity contribution in [1.29, 1.82) is 0 Å². The Morgan fingerprint density at radius 3 is 1.59 bits per heavy atom. The van der Waals surface area contributed by atoms with Gasteiger partial charge in [-0.05, 0) is 0 Å². The molecule has 13 nitrogen and oxygen atoms in total. The van der Waals surface area contributed by atoms with Crippen LogP contribution in [-0.2, 0) is 24.0 Å². The Morgan fingerprint density at radius 1 is 0.852 bits per heavy atom. The molecule has 27 heavy (non-hydrogen) atoms. The van der Waals surface area contributed by atoms with Crippen LogP contribution in [0.4, 0.5) is 0 Å². The third-order valence-corrected chi connectivity index (χ3v) is 3.55. The van der Waals surface area contributed by atoms with Crippen LogP contribution < -0.4 is 27.4 Å². The molecule has 4 atom stereocenters. The summed E-state index contributed by atoms with van der Waals surface area (Å²) in [6, 6.07) is -5.80. The zero-order chi connectivity index (χ0) is 21.1. The Morgan fingerprint density at radius 2 is 1.26 bits per heavy atom. The Kier molecular flexibility index (Phi) is 11.0. The highest BCUT2D eigenvalue weighted by Crippen LogP contribution is 1.95. The average molecular weight is 409 g/mol. The highest BCUT2D eigenvalue weighted by atomic mass is 32.1. The van der Waals surface area contributed by atoms with Gasteiger partial charge in [0.05, 0.1) is 25.7 Å². The zero-order valence-corrected chi connectivity index (χ0v) is 15.0. The number of thiol groups is 1. The van der Waals surface area contributed by atoms with Crippen LogP contribution in [0.2, 0.25) is 0 Å². The number of nitrogens with one attached hydrogen (secondary N) is 3. The summed E-state index contributed by atoms with van der Waals surface area (Å²) in [7, 11) is 0. The normalized spacial score (nSPS) is 15.0. The van der Waals surface area contributed by atoms with E-state index in [1.807, 2.05) is 10.6 Å². The van der Waals surface area contributed by atoms with Gasteiger partial charge in [-0.1, -0.05) is 0 Å². The number of carbonyl (C=O) groups excluding carboxylic acids is 4. The fourth-order valence-corrected chi connectivity index (χ4v) is 1.95. The molecule has 0 bridgehead atoms. The van der Waals surface area contributed by atoms with Crippen LogP contribution in [0.25, 0.3) is 0 Å². The van der Waals surface area contributed by atoms with Gasteiger partial charge in [0.25, 0.3) is 0 Å². The standard InChI is InChI=1S/C13H23N5O8S/c14-5(1-9(15)21)10(22)16-6(2-19)11(23)17-7(3-20)12(24)18-8(4-27)13(25)26/h5-8,19-20,27H,1-4,14H2,(H2,15,21)(H,16,22)(H,17,23)(H,18,24)(H,25,26). The first-order valence-corrected chi connectivity index (χ1v) is 8.20. The second-order valence-electron chi connectivity index (χ2n) is 5.35. The lowest BCUT2D eigenvalue weighted by molar-refractivity contribution is -0.142. The van der Waals surface area contributed by atoms with E-state index in [9.17, 15) is 34.2 Å². The van der Waals surface area contributed by atoms with Crippen molar-refractivity contribution in [3.05, 3.63) is 0 Å². The molecule has 0 spiro atoms. The van der Waals surface area contributed by atoms with Gasteiger partial charge in [-0.2, -0.15) is 12.6 Å². The lowest BCUT2D eigenvalue weighted by Gasteiger charge is -2.22. The van der Waals surface area contributed by atoms with Crippen molar-refractivity contribution in [2.75, 3.05) is 19.0 Å². The summed E-state index contributed by atoms with van der Waals surface area (Å²) < 4.78 is 0. The van der Waals surface area contributed by atoms with Crippen molar-refractivity contribution in [3.63, 3.8) is 0 Å². The van der Waals surface area contributed by atoms with Gasteiger partial charge in [0.15, 0.2) is 0 Å². The zero-order valence-electron chi connectivity index (χ0n) is 14.1. The topological polar surface area (TPSA) is 234 Å². The quantitative estimate of drug-likeness (QED) is 0.140. The third kappa shape index (κ3) is 8.67. The number of rotatable bonds is 12. The van der Waals surface area contributed by atoms with Crippen LogP contribution in [0.5, 0.6) is 0 Å². The molecule has 0 saturated heterocycles. The second-order valence-corrected chi connectivity index (χ2v) is 5.71. The molecular formula is C13H23N5O8S. The Balaban J connectivity index is 4.91. The fraction of sp³-hybridized carbons (Fsp3) is 0.615. The number of amides is 4. The van der Waals surface area contributed by atoms with E-state index >= 15 is 0 Å². The largest absolute Gasteiger partial charge is 0.480 e. The molecule has 4 amide bonds. The number of aliphatic hydroxyl groups excluding tert-OH is 2. The summed E-state index contributed by atoms with van der Waals surface area (Å²) in [5.41, 5.74) is 10.3. The summed E-state index contributed by atoms with van der Waals surface area (Å²) in [5.74, 6) is -5.47. The molecule has 14 heteroatoms. The van der Waals surface area contributed by atoms with Crippen molar-refractivity contribution in [2.24, 2.45) is 11.5 Å². The molecule has 0 fully saturated rings. The summed E-state index contributed by atoms with van der Waals surface area (Å²) in [6.45, 7) is -1.77. The first-order chi connectivity index (χ1) is 12.6. The van der Waals surface area contributed by atoms with Crippen LogP contribution in [0.15, 0.2) is 0 Å². The van der Waals surface area contributed by atoms with Crippen molar-refractivity contribution in [1.82, 2.24) is 16.0 Å². The molecule has 0 aliphatic rings. The van der Waals surface area contributed by atoms with E-state index in [1.54, 1.807) is 0 Å². The molecule has 0 radical (unpaired) electrons. The summed E-state index contributed by atoms with van der Waals surface area (Å²) in [6.07, 6.45) is -0.492. The minimum atomic E-state index is -1.55. The SMILES string of the molecule is NC(=O)CC(N)C(=O)NC(CO)C(=O)NC(CO)C(=O)NC(CS)C(=O)O. The molecule has 0 aliphatic heterocycles. The smallest absolute Gasteiger partial charge is 0.327 e.